The van der Waals surface area contributed by atoms with Gasteiger partial charge in [-0.1, -0.05) is 50.2 Å². The van der Waals surface area contributed by atoms with Crippen molar-refractivity contribution in [2.75, 3.05) is 39.3 Å². The Bertz CT molecular complexity index is 1040. The van der Waals surface area contributed by atoms with E-state index in [1.54, 1.807) is 36.4 Å². The molecule has 1 aliphatic heterocycles. The van der Waals surface area contributed by atoms with Gasteiger partial charge in [0.25, 0.3) is 0 Å². The zero-order chi connectivity index (χ0) is 23.1. The third-order valence-electron chi connectivity index (χ3n) is 5.98. The summed E-state index contributed by atoms with van der Waals surface area (Å²) in [6.07, 6.45) is 3.32. The first-order chi connectivity index (χ1) is 15.3. The molecule has 1 heterocycles. The Balaban J connectivity index is 1.54. The highest BCUT2D eigenvalue weighted by molar-refractivity contribution is 7.89. The molecular formula is C25H33N3O3S. The fourth-order valence-corrected chi connectivity index (χ4v) is 5.35. The van der Waals surface area contributed by atoms with Crippen LogP contribution in [0.5, 0.6) is 0 Å². The van der Waals surface area contributed by atoms with Gasteiger partial charge < -0.3 is 4.90 Å². The van der Waals surface area contributed by atoms with E-state index in [0.29, 0.717) is 26.2 Å². The number of amides is 1. The molecule has 1 fully saturated rings. The molecular weight excluding hydrogens is 422 g/mol. The summed E-state index contributed by atoms with van der Waals surface area (Å²) < 4.78 is 26.6. The Morgan fingerprint density at radius 2 is 1.59 bits per heavy atom. The molecule has 0 spiro atoms. The standard InChI is InChI=1S/C25H33N3O3S/c1-4-28(5-2)32(30,31)24-13-10-22(11-14-24)12-15-25(29)27-18-16-26(17-19-27)20-23-9-7-6-8-21(23)3/h6-15H,4-5,16-20H2,1-3H3/b15-12+. The van der Waals surface area contributed by atoms with Gasteiger partial charge in [0, 0.05) is 51.9 Å². The van der Waals surface area contributed by atoms with Gasteiger partial charge in [0.05, 0.1) is 4.90 Å². The monoisotopic (exact) mass is 455 g/mol. The summed E-state index contributed by atoms with van der Waals surface area (Å²) >= 11 is 0. The summed E-state index contributed by atoms with van der Waals surface area (Å²) in [6, 6.07) is 15.1. The van der Waals surface area contributed by atoms with Crippen molar-refractivity contribution in [1.29, 1.82) is 0 Å². The molecule has 0 radical (unpaired) electrons. The van der Waals surface area contributed by atoms with Crippen molar-refractivity contribution in [3.8, 4) is 0 Å². The first kappa shape index (κ1) is 24.2. The maximum absolute atomic E-state index is 12.6. The summed E-state index contributed by atoms with van der Waals surface area (Å²) in [5, 5.41) is 0. The predicted octanol–water partition coefficient (Wildman–Crippen LogP) is 3.38. The van der Waals surface area contributed by atoms with Crippen molar-refractivity contribution in [2.45, 2.75) is 32.2 Å². The summed E-state index contributed by atoms with van der Waals surface area (Å²) in [6.45, 7) is 10.7. The van der Waals surface area contributed by atoms with Crippen LogP contribution in [0.15, 0.2) is 59.5 Å². The minimum absolute atomic E-state index is 0.0135. The largest absolute Gasteiger partial charge is 0.337 e. The summed E-state index contributed by atoms with van der Waals surface area (Å²) in [5.74, 6) is -0.0135. The van der Waals surface area contributed by atoms with Crippen molar-refractivity contribution in [3.63, 3.8) is 0 Å². The molecule has 1 amide bonds. The fourth-order valence-electron chi connectivity index (χ4n) is 3.89. The number of hydrogen-bond acceptors (Lipinski definition) is 4. The van der Waals surface area contributed by atoms with Crippen molar-refractivity contribution < 1.29 is 13.2 Å². The molecule has 32 heavy (non-hydrogen) atoms. The lowest BCUT2D eigenvalue weighted by Gasteiger charge is -2.34. The van der Waals surface area contributed by atoms with E-state index in [0.717, 1.165) is 25.2 Å². The van der Waals surface area contributed by atoms with E-state index in [2.05, 4.69) is 36.1 Å². The smallest absolute Gasteiger partial charge is 0.246 e. The zero-order valence-corrected chi connectivity index (χ0v) is 20.0. The molecule has 172 valence electrons. The average molecular weight is 456 g/mol. The Morgan fingerprint density at radius 1 is 0.969 bits per heavy atom. The van der Waals surface area contributed by atoms with E-state index in [4.69, 9.17) is 0 Å². The maximum Gasteiger partial charge on any atom is 0.246 e. The van der Waals surface area contributed by atoms with E-state index >= 15 is 0 Å². The summed E-state index contributed by atoms with van der Waals surface area (Å²) in [4.78, 5) is 17.1. The van der Waals surface area contributed by atoms with Crippen LogP contribution in [0.3, 0.4) is 0 Å². The number of rotatable bonds is 8. The van der Waals surface area contributed by atoms with E-state index in [9.17, 15) is 13.2 Å². The number of aryl methyl sites for hydroxylation is 1. The van der Waals surface area contributed by atoms with E-state index in [1.807, 2.05) is 18.7 Å². The summed E-state index contributed by atoms with van der Waals surface area (Å²) in [7, 11) is -3.47. The molecule has 0 atom stereocenters. The Morgan fingerprint density at radius 3 is 2.19 bits per heavy atom. The van der Waals surface area contributed by atoms with Crippen LogP contribution >= 0.6 is 0 Å². The number of nitrogens with zero attached hydrogens (tertiary/aromatic N) is 3. The number of hydrogen-bond donors (Lipinski definition) is 0. The highest BCUT2D eigenvalue weighted by Gasteiger charge is 2.22. The fraction of sp³-hybridized carbons (Fsp3) is 0.400. The molecule has 0 bridgehead atoms. The Kier molecular flexibility index (Phi) is 8.23. The minimum Gasteiger partial charge on any atom is -0.337 e. The van der Waals surface area contributed by atoms with Crippen LogP contribution in [0.25, 0.3) is 6.08 Å². The van der Waals surface area contributed by atoms with Crippen LogP contribution in [0.1, 0.15) is 30.5 Å². The number of piperazine rings is 1. The lowest BCUT2D eigenvalue weighted by Crippen LogP contribution is -2.47. The third kappa shape index (κ3) is 5.85. The van der Waals surface area contributed by atoms with E-state index in [1.165, 1.54) is 15.4 Å². The topological polar surface area (TPSA) is 60.9 Å². The van der Waals surface area contributed by atoms with Crippen LogP contribution in [0.2, 0.25) is 0 Å². The molecule has 2 aromatic carbocycles. The molecule has 2 aromatic rings. The van der Waals surface area contributed by atoms with Gasteiger partial charge in [0.2, 0.25) is 15.9 Å². The lowest BCUT2D eigenvalue weighted by atomic mass is 10.1. The van der Waals surface area contributed by atoms with Gasteiger partial charge in [-0.2, -0.15) is 4.31 Å². The second-order valence-corrected chi connectivity index (χ2v) is 9.96. The second-order valence-electron chi connectivity index (χ2n) is 8.02. The van der Waals surface area contributed by atoms with Crippen LogP contribution in [-0.4, -0.2) is 67.7 Å². The van der Waals surface area contributed by atoms with Crippen LogP contribution in [0, 0.1) is 6.92 Å². The molecule has 1 saturated heterocycles. The van der Waals surface area contributed by atoms with Crippen molar-refractivity contribution in [1.82, 2.24) is 14.1 Å². The van der Waals surface area contributed by atoms with Gasteiger partial charge in [-0.25, -0.2) is 8.42 Å². The average Bonchev–Trinajstić information content (AvgIpc) is 2.80. The number of sulfonamides is 1. The van der Waals surface area contributed by atoms with Gasteiger partial charge >= 0.3 is 0 Å². The van der Waals surface area contributed by atoms with Crippen molar-refractivity contribution in [3.05, 3.63) is 71.3 Å². The van der Waals surface area contributed by atoms with E-state index in [-0.39, 0.29) is 10.8 Å². The molecule has 3 rings (SSSR count). The van der Waals surface area contributed by atoms with Crippen molar-refractivity contribution in [2.24, 2.45) is 0 Å². The second kappa shape index (κ2) is 10.9. The van der Waals surface area contributed by atoms with Crippen LogP contribution in [-0.2, 0) is 21.4 Å². The zero-order valence-electron chi connectivity index (χ0n) is 19.2. The number of carbonyl (C=O) groups excluding carboxylic acids is 1. The Labute approximate surface area is 192 Å². The SMILES string of the molecule is CCN(CC)S(=O)(=O)c1ccc(/C=C/C(=O)N2CCN(Cc3ccccc3C)CC2)cc1. The molecule has 6 nitrogen and oxygen atoms in total. The summed E-state index contributed by atoms with van der Waals surface area (Å²) in [5.41, 5.74) is 3.43. The van der Waals surface area contributed by atoms with Crippen LogP contribution in [0.4, 0.5) is 0 Å². The first-order valence-corrected chi connectivity index (χ1v) is 12.6. The molecule has 0 saturated carbocycles. The van der Waals surface area contributed by atoms with Gasteiger partial charge in [-0.05, 0) is 41.8 Å². The van der Waals surface area contributed by atoms with Gasteiger partial charge in [-0.3, -0.25) is 9.69 Å². The molecule has 0 aromatic heterocycles. The molecule has 0 aliphatic carbocycles. The number of carbonyl (C=O) groups is 1. The highest BCUT2D eigenvalue weighted by atomic mass is 32.2. The Hall–Kier alpha value is -2.48. The van der Waals surface area contributed by atoms with Gasteiger partial charge in [0.15, 0.2) is 0 Å². The van der Waals surface area contributed by atoms with E-state index < -0.39 is 10.0 Å². The minimum atomic E-state index is -3.47. The molecule has 1 aliphatic rings. The maximum atomic E-state index is 12.6. The molecule has 7 heteroatoms. The molecule has 0 N–H and O–H groups in total. The predicted molar refractivity (Wildman–Crippen MR) is 129 cm³/mol. The van der Waals surface area contributed by atoms with Gasteiger partial charge in [-0.15, -0.1) is 0 Å². The highest BCUT2D eigenvalue weighted by Crippen LogP contribution is 2.17. The normalized spacial score (nSPS) is 15.6. The third-order valence-corrected chi connectivity index (χ3v) is 8.04. The quantitative estimate of drug-likeness (QED) is 0.573. The molecule has 0 unspecified atom stereocenters. The number of benzene rings is 2. The first-order valence-electron chi connectivity index (χ1n) is 11.2. The lowest BCUT2D eigenvalue weighted by molar-refractivity contribution is -0.127. The van der Waals surface area contributed by atoms with Crippen molar-refractivity contribution >= 4 is 22.0 Å². The van der Waals surface area contributed by atoms with Gasteiger partial charge in [0.1, 0.15) is 0 Å². The van der Waals surface area contributed by atoms with Crippen LogP contribution < -0.4 is 0 Å².